The monoisotopic (exact) mass is 618 g/mol. The quantitative estimate of drug-likeness (QED) is 0.310. The number of benzene rings is 1. The van der Waals surface area contributed by atoms with Crippen molar-refractivity contribution in [2.24, 2.45) is 5.10 Å². The Kier molecular flexibility index (Phi) is 7.64. The zero-order valence-electron chi connectivity index (χ0n) is 17.6. The number of amides is 1. The second kappa shape index (κ2) is 10.2. The average molecular weight is 619 g/mol. The number of imidazole rings is 1. The summed E-state index contributed by atoms with van der Waals surface area (Å²) in [6.07, 6.45) is 3.26. The number of carbonyl (C=O) groups excluding carboxylic acids is 1. The van der Waals surface area contributed by atoms with Gasteiger partial charge in [-0.2, -0.15) is 5.10 Å². The van der Waals surface area contributed by atoms with Gasteiger partial charge in [0.15, 0.2) is 0 Å². The SMILES string of the molecule is C=NN(CC[NH-])c1ccc(CNC(=O)c2c(CC)nc3cc4c(cn23)OCC4)cc1F.[Pt]. The summed E-state index contributed by atoms with van der Waals surface area (Å²) in [6, 6.07) is 6.61. The summed E-state index contributed by atoms with van der Waals surface area (Å²) in [5.74, 6) is 0.00653. The van der Waals surface area contributed by atoms with Crippen LogP contribution >= 0.6 is 0 Å². The Hall–Kier alpha value is -2.77. The molecule has 0 fully saturated rings. The minimum absolute atomic E-state index is 0. The molecule has 3 aromatic rings. The van der Waals surface area contributed by atoms with Crippen molar-refractivity contribution < 1.29 is 35.0 Å². The van der Waals surface area contributed by atoms with Crippen molar-refractivity contribution in [3.05, 3.63) is 64.5 Å². The fraction of sp³-hybridized carbons (Fsp3) is 0.318. The first-order valence-corrected chi connectivity index (χ1v) is 10.2. The van der Waals surface area contributed by atoms with Crippen LogP contribution < -0.4 is 15.1 Å². The van der Waals surface area contributed by atoms with E-state index in [0.29, 0.717) is 35.6 Å². The first kappa shape index (κ1) is 23.9. The smallest absolute Gasteiger partial charge is 0.270 e. The van der Waals surface area contributed by atoms with Gasteiger partial charge in [-0.1, -0.05) is 13.0 Å². The van der Waals surface area contributed by atoms with Crippen LogP contribution in [0.1, 0.15) is 34.2 Å². The number of aryl methyl sites for hydroxylation is 1. The van der Waals surface area contributed by atoms with E-state index in [2.05, 4.69) is 22.1 Å². The van der Waals surface area contributed by atoms with Crippen LogP contribution in [0.15, 0.2) is 35.6 Å². The van der Waals surface area contributed by atoms with Gasteiger partial charge in [0.2, 0.25) is 0 Å². The fourth-order valence-electron chi connectivity index (χ4n) is 3.75. The van der Waals surface area contributed by atoms with E-state index in [1.165, 1.54) is 11.1 Å². The number of hydrogen-bond donors (Lipinski definition) is 1. The number of fused-ring (bicyclic) bond motifs is 2. The standard InChI is InChI=1S/C22H24FN6O2.Pt/c1-3-17-21(28-13-19-15(6-9-31-19)11-20(28)27-17)22(30)26-12-14-4-5-18(16(23)10-14)29(25-2)8-7-24;/h4-5,10-11,13,24H,2-3,6-9,12H2,1H3,(H,26,30);/q-1;. The molecule has 8 nitrogen and oxygen atoms in total. The third-order valence-corrected chi connectivity index (χ3v) is 5.29. The normalized spacial score (nSPS) is 12.1. The number of rotatable bonds is 8. The molecule has 0 radical (unpaired) electrons. The van der Waals surface area contributed by atoms with Crippen LogP contribution in [0.4, 0.5) is 10.1 Å². The maximum atomic E-state index is 14.5. The van der Waals surface area contributed by atoms with E-state index in [9.17, 15) is 9.18 Å². The van der Waals surface area contributed by atoms with Crippen LogP contribution in [-0.4, -0.2) is 41.7 Å². The van der Waals surface area contributed by atoms with Crippen LogP contribution in [0.2, 0.25) is 0 Å². The third-order valence-electron chi connectivity index (χ3n) is 5.29. The maximum absolute atomic E-state index is 14.5. The van der Waals surface area contributed by atoms with Gasteiger partial charge in [0.05, 0.1) is 24.2 Å². The molecular formula is C22H24FN6O2Pt-. The molecule has 1 aliphatic rings. The minimum Gasteiger partial charge on any atom is -0.676 e. The molecule has 1 aliphatic heterocycles. The predicted octanol–water partition coefficient (Wildman–Crippen LogP) is 3.37. The number of pyridine rings is 1. The Balaban J connectivity index is 0.00000289. The van der Waals surface area contributed by atoms with Gasteiger partial charge in [-0.05, 0) is 30.2 Å². The van der Waals surface area contributed by atoms with Crippen LogP contribution in [-0.2, 0) is 40.5 Å². The molecule has 172 valence electrons. The van der Waals surface area contributed by atoms with E-state index in [1.807, 2.05) is 19.2 Å². The molecule has 4 rings (SSSR count). The number of anilines is 1. The van der Waals surface area contributed by atoms with Gasteiger partial charge in [0.1, 0.15) is 22.9 Å². The van der Waals surface area contributed by atoms with E-state index in [1.54, 1.807) is 16.5 Å². The van der Waals surface area contributed by atoms with Gasteiger partial charge in [-0.15, -0.1) is 6.54 Å². The summed E-state index contributed by atoms with van der Waals surface area (Å²) >= 11 is 0. The maximum Gasteiger partial charge on any atom is 0.270 e. The van der Waals surface area contributed by atoms with Crippen molar-refractivity contribution in [3.63, 3.8) is 0 Å². The molecule has 0 saturated heterocycles. The fourth-order valence-corrected chi connectivity index (χ4v) is 3.75. The topological polar surface area (TPSA) is 95.0 Å². The number of hydrogen-bond acceptors (Lipinski definition) is 5. The summed E-state index contributed by atoms with van der Waals surface area (Å²) in [4.78, 5) is 17.6. The number of aromatic nitrogens is 2. The zero-order valence-corrected chi connectivity index (χ0v) is 19.9. The van der Waals surface area contributed by atoms with Crippen molar-refractivity contribution >= 4 is 24.0 Å². The molecule has 0 atom stereocenters. The summed E-state index contributed by atoms with van der Waals surface area (Å²) < 4.78 is 21.9. The number of carbonyl (C=O) groups is 1. The Morgan fingerprint density at radius 1 is 1.44 bits per heavy atom. The van der Waals surface area contributed by atoms with Gasteiger partial charge >= 0.3 is 0 Å². The van der Waals surface area contributed by atoms with E-state index in [0.717, 1.165) is 17.7 Å². The largest absolute Gasteiger partial charge is 0.676 e. The Morgan fingerprint density at radius 2 is 2.25 bits per heavy atom. The molecule has 0 spiro atoms. The van der Waals surface area contributed by atoms with Crippen LogP contribution in [0.5, 0.6) is 5.75 Å². The van der Waals surface area contributed by atoms with E-state index in [4.69, 9.17) is 10.5 Å². The van der Waals surface area contributed by atoms with E-state index in [-0.39, 0.29) is 52.3 Å². The second-order valence-corrected chi connectivity index (χ2v) is 7.23. The van der Waals surface area contributed by atoms with Gasteiger partial charge in [0.25, 0.3) is 5.91 Å². The van der Waals surface area contributed by atoms with Crippen molar-refractivity contribution in [1.29, 1.82) is 0 Å². The molecule has 2 aromatic heterocycles. The number of hydrazone groups is 1. The zero-order chi connectivity index (χ0) is 22.0. The summed E-state index contributed by atoms with van der Waals surface area (Å²) in [7, 11) is 0. The first-order chi connectivity index (χ1) is 15.0. The van der Waals surface area contributed by atoms with Crippen LogP contribution in [0.25, 0.3) is 11.4 Å². The molecule has 1 aromatic carbocycles. The molecule has 0 unspecified atom stereocenters. The molecule has 0 saturated carbocycles. The van der Waals surface area contributed by atoms with Crippen molar-refractivity contribution in [2.45, 2.75) is 26.3 Å². The van der Waals surface area contributed by atoms with Gasteiger partial charge in [0, 0.05) is 52.9 Å². The van der Waals surface area contributed by atoms with Crippen LogP contribution in [0, 0.1) is 5.82 Å². The van der Waals surface area contributed by atoms with Gasteiger partial charge in [-0.3, -0.25) is 14.2 Å². The first-order valence-electron chi connectivity index (χ1n) is 10.2. The molecule has 2 N–H and O–H groups in total. The molecule has 0 aliphatic carbocycles. The Morgan fingerprint density at radius 3 is 2.94 bits per heavy atom. The third kappa shape index (κ3) is 4.54. The molecule has 3 heterocycles. The van der Waals surface area contributed by atoms with Gasteiger partial charge in [-0.25, -0.2) is 9.37 Å². The molecular weight excluding hydrogens is 594 g/mol. The van der Waals surface area contributed by atoms with Crippen molar-refractivity contribution in [3.8, 4) is 5.75 Å². The minimum atomic E-state index is -0.482. The number of nitrogens with one attached hydrogen (secondary N) is 2. The second-order valence-electron chi connectivity index (χ2n) is 7.23. The van der Waals surface area contributed by atoms with E-state index >= 15 is 0 Å². The summed E-state index contributed by atoms with van der Waals surface area (Å²) in [6.45, 7) is 6.49. The summed E-state index contributed by atoms with van der Waals surface area (Å²) in [5, 5.41) is 7.96. The Bertz CT molecular complexity index is 1150. The Labute approximate surface area is 199 Å². The predicted molar refractivity (Wildman–Crippen MR) is 117 cm³/mol. The molecule has 10 heteroatoms. The van der Waals surface area contributed by atoms with E-state index < -0.39 is 5.82 Å². The molecule has 1 amide bonds. The number of halogens is 1. The van der Waals surface area contributed by atoms with Gasteiger partial charge < -0.3 is 15.8 Å². The van der Waals surface area contributed by atoms with Crippen molar-refractivity contribution in [1.82, 2.24) is 14.7 Å². The molecule has 32 heavy (non-hydrogen) atoms. The van der Waals surface area contributed by atoms with Crippen LogP contribution in [0.3, 0.4) is 0 Å². The number of ether oxygens (including phenoxy) is 1. The van der Waals surface area contributed by atoms with Crippen molar-refractivity contribution in [2.75, 3.05) is 24.7 Å². The molecule has 0 bridgehead atoms. The summed E-state index contributed by atoms with van der Waals surface area (Å²) in [5.41, 5.74) is 11.1. The average Bonchev–Trinajstić information content (AvgIpc) is 3.37. The number of nitrogens with zero attached hydrogens (tertiary/aromatic N) is 4.